The Labute approximate surface area is 163 Å². The van der Waals surface area contributed by atoms with Gasteiger partial charge >= 0.3 is 0 Å². The van der Waals surface area contributed by atoms with Crippen LogP contribution < -0.4 is 5.32 Å². The Balaban J connectivity index is 1.50. The monoisotopic (exact) mass is 389 g/mol. The molecule has 0 unspecified atom stereocenters. The van der Waals surface area contributed by atoms with Crippen LogP contribution in [0, 0.1) is 6.92 Å². The van der Waals surface area contributed by atoms with Crippen LogP contribution >= 0.6 is 11.3 Å². The molecule has 138 valence electrons. The quantitative estimate of drug-likeness (QED) is 0.505. The minimum Gasteiger partial charge on any atom is -0.346 e. The summed E-state index contributed by atoms with van der Waals surface area (Å²) in [6.45, 7) is 2.14. The lowest BCUT2D eigenvalue weighted by molar-refractivity contribution is 0.0952. The number of aryl methyl sites for hydroxylation is 1. The van der Waals surface area contributed by atoms with Crippen LogP contribution in [0.4, 0.5) is 0 Å². The van der Waals surface area contributed by atoms with Crippen LogP contribution in [0.5, 0.6) is 0 Å². The molecule has 7 nitrogen and oxygen atoms in total. The highest BCUT2D eigenvalue weighted by molar-refractivity contribution is 7.15. The van der Waals surface area contributed by atoms with E-state index in [0.29, 0.717) is 34.6 Å². The number of nitrogens with zero attached hydrogens (tertiary/aromatic N) is 4. The van der Waals surface area contributed by atoms with Gasteiger partial charge in [-0.05, 0) is 13.0 Å². The summed E-state index contributed by atoms with van der Waals surface area (Å²) in [5, 5.41) is 9.53. The topological polar surface area (TPSA) is 85.3 Å². The van der Waals surface area contributed by atoms with Gasteiger partial charge < -0.3 is 9.84 Å². The summed E-state index contributed by atoms with van der Waals surface area (Å²) >= 11 is 1.55. The lowest BCUT2D eigenvalue weighted by Gasteiger charge is -2.07. The van der Waals surface area contributed by atoms with E-state index < -0.39 is 0 Å². The molecule has 4 aromatic heterocycles. The second-order valence-electron chi connectivity index (χ2n) is 6.38. The van der Waals surface area contributed by atoms with Gasteiger partial charge in [0.2, 0.25) is 0 Å². The molecule has 5 aromatic rings. The molecular formula is C20H15N5O2S. The van der Waals surface area contributed by atoms with Gasteiger partial charge in [-0.3, -0.25) is 9.20 Å². The molecule has 28 heavy (non-hydrogen) atoms. The fraction of sp³-hybridized carbons (Fsp3) is 0.100. The van der Waals surface area contributed by atoms with Crippen molar-refractivity contribution >= 4 is 33.3 Å². The van der Waals surface area contributed by atoms with E-state index in [9.17, 15) is 4.79 Å². The molecule has 0 saturated heterocycles. The second-order valence-corrected chi connectivity index (χ2v) is 7.25. The number of hydrogen-bond donors (Lipinski definition) is 1. The Morgan fingerprint density at radius 1 is 1.25 bits per heavy atom. The van der Waals surface area contributed by atoms with Gasteiger partial charge in [-0.1, -0.05) is 35.5 Å². The highest BCUT2D eigenvalue weighted by Crippen LogP contribution is 2.27. The number of carbonyl (C=O) groups is 1. The average Bonchev–Trinajstić information content (AvgIpc) is 3.41. The lowest BCUT2D eigenvalue weighted by atomic mass is 10.1. The number of fused-ring (bicyclic) bond motifs is 2. The Morgan fingerprint density at radius 3 is 2.93 bits per heavy atom. The van der Waals surface area contributed by atoms with Crippen LogP contribution in [0.2, 0.25) is 0 Å². The molecule has 1 amide bonds. The van der Waals surface area contributed by atoms with Gasteiger partial charge in [0.05, 0.1) is 34.6 Å². The summed E-state index contributed by atoms with van der Waals surface area (Å²) in [6, 6.07) is 11.5. The maximum absolute atomic E-state index is 13.0. The number of benzene rings is 1. The third-order valence-corrected chi connectivity index (χ3v) is 5.28. The number of rotatable bonds is 4. The number of nitrogens with one attached hydrogen (secondary N) is 1. The molecule has 1 N–H and O–H groups in total. The molecule has 5 rings (SSSR count). The zero-order valence-corrected chi connectivity index (χ0v) is 15.7. The number of thiazole rings is 1. The molecule has 0 aliphatic carbocycles. The number of aromatic nitrogens is 4. The average molecular weight is 389 g/mol. The van der Waals surface area contributed by atoms with Crippen molar-refractivity contribution in [3.8, 4) is 11.3 Å². The molecule has 0 spiro atoms. The van der Waals surface area contributed by atoms with Crippen LogP contribution in [0.1, 0.15) is 21.7 Å². The Bertz CT molecular complexity index is 1270. The first-order chi connectivity index (χ1) is 13.7. The molecule has 1 aromatic carbocycles. The normalized spacial score (nSPS) is 11.3. The van der Waals surface area contributed by atoms with Gasteiger partial charge in [-0.25, -0.2) is 9.97 Å². The first kappa shape index (κ1) is 16.6. The van der Waals surface area contributed by atoms with Crippen molar-refractivity contribution in [1.82, 2.24) is 24.8 Å². The van der Waals surface area contributed by atoms with Crippen molar-refractivity contribution in [1.29, 1.82) is 0 Å². The van der Waals surface area contributed by atoms with Crippen LogP contribution in [0.25, 0.3) is 27.3 Å². The van der Waals surface area contributed by atoms with Gasteiger partial charge in [-0.2, -0.15) is 0 Å². The van der Waals surface area contributed by atoms with Gasteiger partial charge in [0.1, 0.15) is 0 Å². The van der Waals surface area contributed by atoms with Crippen molar-refractivity contribution in [2.45, 2.75) is 13.5 Å². The van der Waals surface area contributed by atoms with Gasteiger partial charge in [0.15, 0.2) is 4.96 Å². The second kappa shape index (κ2) is 6.58. The third kappa shape index (κ3) is 2.84. The van der Waals surface area contributed by atoms with E-state index in [1.54, 1.807) is 24.3 Å². The van der Waals surface area contributed by atoms with E-state index in [1.165, 1.54) is 0 Å². The first-order valence-electron chi connectivity index (χ1n) is 8.71. The summed E-state index contributed by atoms with van der Waals surface area (Å²) in [5.74, 6) is -0.216. The van der Waals surface area contributed by atoms with E-state index in [-0.39, 0.29) is 5.91 Å². The Hall–Kier alpha value is -3.52. The molecular weight excluding hydrogens is 374 g/mol. The molecule has 0 atom stereocenters. The Kier molecular flexibility index (Phi) is 3.91. The van der Waals surface area contributed by atoms with Crippen molar-refractivity contribution in [3.63, 3.8) is 0 Å². The van der Waals surface area contributed by atoms with Crippen molar-refractivity contribution < 1.29 is 9.32 Å². The first-order valence-corrected chi connectivity index (χ1v) is 9.59. The van der Waals surface area contributed by atoms with Crippen LogP contribution in [0.3, 0.4) is 0 Å². The highest BCUT2D eigenvalue weighted by Gasteiger charge is 2.19. The number of hydrogen-bond acceptors (Lipinski definition) is 6. The molecule has 4 heterocycles. The third-order valence-electron chi connectivity index (χ3n) is 4.50. The van der Waals surface area contributed by atoms with Gasteiger partial charge in [0.25, 0.3) is 11.6 Å². The number of amides is 1. The lowest BCUT2D eigenvalue weighted by Crippen LogP contribution is -2.23. The molecule has 0 radical (unpaired) electrons. The number of imidazole rings is 1. The van der Waals surface area contributed by atoms with Gasteiger partial charge in [-0.15, -0.1) is 11.3 Å². The summed E-state index contributed by atoms with van der Waals surface area (Å²) in [5.41, 5.74) is 3.85. The highest BCUT2D eigenvalue weighted by atomic mass is 32.1. The summed E-state index contributed by atoms with van der Waals surface area (Å²) < 4.78 is 7.28. The van der Waals surface area contributed by atoms with E-state index in [2.05, 4.69) is 20.4 Å². The van der Waals surface area contributed by atoms with Gasteiger partial charge in [0, 0.05) is 23.3 Å². The minimum absolute atomic E-state index is 0.216. The fourth-order valence-corrected chi connectivity index (χ4v) is 3.88. The van der Waals surface area contributed by atoms with Crippen molar-refractivity contribution in [2.24, 2.45) is 0 Å². The maximum atomic E-state index is 13.0. The summed E-state index contributed by atoms with van der Waals surface area (Å²) in [6.07, 6.45) is 3.85. The van der Waals surface area contributed by atoms with Crippen molar-refractivity contribution in [3.05, 3.63) is 71.1 Å². The number of pyridine rings is 1. The van der Waals surface area contributed by atoms with E-state index in [0.717, 1.165) is 16.2 Å². The van der Waals surface area contributed by atoms with Crippen LogP contribution in [-0.2, 0) is 6.54 Å². The SMILES string of the molecule is Cc1noc2nc(-c3ccccc3)cc(C(=O)NCc3cn4ccsc4n3)c12. The zero-order valence-electron chi connectivity index (χ0n) is 14.9. The molecule has 8 heteroatoms. The van der Waals surface area contributed by atoms with Crippen molar-refractivity contribution in [2.75, 3.05) is 0 Å². The standard InChI is InChI=1S/C20H15N5O2S/c1-12-17-15(18(26)21-10-14-11-25-7-8-28-20(25)22-14)9-16(23-19(17)27-24-12)13-5-3-2-4-6-13/h2-9,11H,10H2,1H3,(H,21,26). The minimum atomic E-state index is -0.216. The summed E-state index contributed by atoms with van der Waals surface area (Å²) in [4.78, 5) is 22.9. The largest absolute Gasteiger partial charge is 0.346 e. The van der Waals surface area contributed by atoms with Crippen LogP contribution in [0.15, 0.2) is 58.7 Å². The zero-order chi connectivity index (χ0) is 19.1. The van der Waals surface area contributed by atoms with E-state index in [1.807, 2.05) is 52.5 Å². The molecule has 0 fully saturated rings. The smallest absolute Gasteiger partial charge is 0.259 e. The molecule has 0 aliphatic heterocycles. The van der Waals surface area contributed by atoms with Crippen LogP contribution in [-0.4, -0.2) is 25.4 Å². The molecule has 0 aliphatic rings. The fourth-order valence-electron chi connectivity index (χ4n) is 3.16. The van der Waals surface area contributed by atoms with E-state index >= 15 is 0 Å². The Morgan fingerprint density at radius 2 is 2.11 bits per heavy atom. The summed E-state index contributed by atoms with van der Waals surface area (Å²) in [7, 11) is 0. The van der Waals surface area contributed by atoms with E-state index in [4.69, 9.17) is 4.52 Å². The predicted octanol–water partition coefficient (Wildman–Crippen LogP) is 3.84. The maximum Gasteiger partial charge on any atom is 0.259 e. The number of carbonyl (C=O) groups excluding carboxylic acids is 1. The molecule has 0 saturated carbocycles. The molecule has 0 bridgehead atoms. The predicted molar refractivity (Wildman–Crippen MR) is 106 cm³/mol.